The topological polar surface area (TPSA) is 66.4 Å². The molecule has 0 aliphatic carbocycles. The fraction of sp³-hybridized carbons (Fsp3) is 0.333. The predicted molar refractivity (Wildman–Crippen MR) is 65.1 cm³/mol. The SMILES string of the molecule is CC(C)C(NC(=O)c1cc(F)c(Cl)cc1F)C(=O)O. The molecule has 0 radical (unpaired) electrons. The molecule has 0 aliphatic rings. The zero-order chi connectivity index (χ0) is 14.7. The van der Waals surface area contributed by atoms with E-state index in [4.69, 9.17) is 16.7 Å². The van der Waals surface area contributed by atoms with Crippen molar-refractivity contribution in [2.24, 2.45) is 5.92 Å². The molecule has 1 aromatic rings. The maximum atomic E-state index is 13.5. The third-order valence-corrected chi connectivity index (χ3v) is 2.76. The first-order chi connectivity index (χ1) is 8.73. The summed E-state index contributed by atoms with van der Waals surface area (Å²) in [6.45, 7) is 3.16. The second-order valence-corrected chi connectivity index (χ2v) is 4.69. The molecule has 0 saturated carbocycles. The van der Waals surface area contributed by atoms with Gasteiger partial charge in [0.05, 0.1) is 10.6 Å². The Morgan fingerprint density at radius 2 is 1.84 bits per heavy atom. The van der Waals surface area contributed by atoms with Crippen LogP contribution in [0.25, 0.3) is 0 Å². The summed E-state index contributed by atoms with van der Waals surface area (Å²) >= 11 is 5.36. The molecule has 1 aromatic carbocycles. The van der Waals surface area contributed by atoms with E-state index in [9.17, 15) is 18.4 Å². The molecular formula is C12H12ClF2NO3. The summed E-state index contributed by atoms with van der Waals surface area (Å²) in [6, 6.07) is 0.106. The highest BCUT2D eigenvalue weighted by molar-refractivity contribution is 6.30. The number of carboxylic acids is 1. The molecule has 0 fully saturated rings. The summed E-state index contributed by atoms with van der Waals surface area (Å²) in [6.07, 6.45) is 0. The number of halogens is 3. The molecule has 0 aromatic heterocycles. The second-order valence-electron chi connectivity index (χ2n) is 4.28. The lowest BCUT2D eigenvalue weighted by molar-refractivity contribution is -0.140. The van der Waals surface area contributed by atoms with Crippen LogP contribution in [0.2, 0.25) is 5.02 Å². The van der Waals surface area contributed by atoms with E-state index in [1.807, 2.05) is 0 Å². The largest absolute Gasteiger partial charge is 0.480 e. The first-order valence-corrected chi connectivity index (χ1v) is 5.80. The van der Waals surface area contributed by atoms with Gasteiger partial charge in [0.1, 0.15) is 17.7 Å². The minimum Gasteiger partial charge on any atom is -0.480 e. The monoisotopic (exact) mass is 291 g/mol. The molecular weight excluding hydrogens is 280 g/mol. The molecule has 1 amide bonds. The van der Waals surface area contributed by atoms with Crippen molar-refractivity contribution < 1.29 is 23.5 Å². The Morgan fingerprint density at radius 3 is 2.32 bits per heavy atom. The van der Waals surface area contributed by atoms with Crippen molar-refractivity contribution in [3.8, 4) is 0 Å². The van der Waals surface area contributed by atoms with Gasteiger partial charge in [0, 0.05) is 0 Å². The zero-order valence-corrected chi connectivity index (χ0v) is 11.0. The predicted octanol–water partition coefficient (Wildman–Crippen LogP) is 2.46. The van der Waals surface area contributed by atoms with Crippen molar-refractivity contribution in [1.29, 1.82) is 0 Å². The molecule has 0 heterocycles. The van der Waals surface area contributed by atoms with Gasteiger partial charge in [-0.05, 0) is 18.1 Å². The first kappa shape index (κ1) is 15.4. The van der Waals surface area contributed by atoms with E-state index in [2.05, 4.69) is 5.32 Å². The van der Waals surface area contributed by atoms with E-state index in [1.165, 1.54) is 0 Å². The molecule has 0 saturated heterocycles. The maximum absolute atomic E-state index is 13.5. The lowest BCUT2D eigenvalue weighted by Gasteiger charge is -2.18. The number of aliphatic carboxylic acids is 1. The number of carbonyl (C=O) groups is 2. The number of rotatable bonds is 4. The summed E-state index contributed by atoms with van der Waals surface area (Å²) < 4.78 is 26.7. The van der Waals surface area contributed by atoms with Crippen LogP contribution in [-0.2, 0) is 4.79 Å². The average Bonchev–Trinajstić information content (AvgIpc) is 2.29. The third-order valence-electron chi connectivity index (χ3n) is 2.47. The molecule has 0 spiro atoms. The fourth-order valence-corrected chi connectivity index (χ4v) is 1.58. The Hall–Kier alpha value is -1.69. The van der Waals surface area contributed by atoms with Crippen LogP contribution in [-0.4, -0.2) is 23.0 Å². The number of hydrogen-bond donors (Lipinski definition) is 2. The minimum absolute atomic E-state index is 0.401. The smallest absolute Gasteiger partial charge is 0.326 e. The Bertz CT molecular complexity index is 520. The van der Waals surface area contributed by atoms with Gasteiger partial charge in [-0.25, -0.2) is 13.6 Å². The summed E-state index contributed by atoms with van der Waals surface area (Å²) in [4.78, 5) is 22.6. The summed E-state index contributed by atoms with van der Waals surface area (Å²) in [5.74, 6) is -4.63. The van der Waals surface area contributed by atoms with Crippen LogP contribution in [0.15, 0.2) is 12.1 Å². The van der Waals surface area contributed by atoms with Crippen LogP contribution in [0, 0.1) is 17.6 Å². The highest BCUT2D eigenvalue weighted by atomic mass is 35.5. The quantitative estimate of drug-likeness (QED) is 0.838. The molecule has 2 N–H and O–H groups in total. The van der Waals surface area contributed by atoms with E-state index in [-0.39, 0.29) is 0 Å². The number of amides is 1. The summed E-state index contributed by atoms with van der Waals surface area (Å²) in [5.41, 5.74) is -0.589. The highest BCUT2D eigenvalue weighted by Crippen LogP contribution is 2.19. The fourth-order valence-electron chi connectivity index (χ4n) is 1.43. The van der Waals surface area contributed by atoms with E-state index in [0.29, 0.717) is 12.1 Å². The molecule has 1 atom stereocenters. The number of hydrogen-bond acceptors (Lipinski definition) is 2. The Kier molecular flexibility index (Phi) is 4.83. The van der Waals surface area contributed by atoms with Gasteiger partial charge in [-0.1, -0.05) is 25.4 Å². The van der Waals surface area contributed by atoms with Crippen molar-refractivity contribution in [2.45, 2.75) is 19.9 Å². The van der Waals surface area contributed by atoms with Crippen molar-refractivity contribution >= 4 is 23.5 Å². The van der Waals surface area contributed by atoms with Gasteiger partial charge >= 0.3 is 5.97 Å². The van der Waals surface area contributed by atoms with Crippen LogP contribution in [0.3, 0.4) is 0 Å². The van der Waals surface area contributed by atoms with Gasteiger partial charge < -0.3 is 10.4 Å². The number of carbonyl (C=O) groups excluding carboxylic acids is 1. The molecule has 0 bridgehead atoms. The van der Waals surface area contributed by atoms with Gasteiger partial charge in [-0.2, -0.15) is 0 Å². The van der Waals surface area contributed by atoms with Crippen LogP contribution in [0.1, 0.15) is 24.2 Å². The van der Waals surface area contributed by atoms with Gasteiger partial charge in [0.15, 0.2) is 0 Å². The number of carboxylic acid groups (broad SMARTS) is 1. The summed E-state index contributed by atoms with van der Waals surface area (Å²) in [5, 5.41) is 10.6. The Labute approximate surface area is 113 Å². The van der Waals surface area contributed by atoms with E-state index in [1.54, 1.807) is 13.8 Å². The Balaban J connectivity index is 3.01. The van der Waals surface area contributed by atoms with Crippen molar-refractivity contribution in [3.63, 3.8) is 0 Å². The normalized spacial score (nSPS) is 12.3. The highest BCUT2D eigenvalue weighted by Gasteiger charge is 2.25. The van der Waals surface area contributed by atoms with Crippen LogP contribution < -0.4 is 5.32 Å². The van der Waals surface area contributed by atoms with E-state index >= 15 is 0 Å². The molecule has 1 unspecified atom stereocenters. The first-order valence-electron chi connectivity index (χ1n) is 5.42. The third kappa shape index (κ3) is 3.64. The standard InChI is InChI=1S/C12H12ClF2NO3/c1-5(2)10(12(18)19)16-11(17)6-3-9(15)7(13)4-8(6)14/h3-5,10H,1-2H3,(H,16,17)(H,18,19). The molecule has 1 rings (SSSR count). The summed E-state index contributed by atoms with van der Waals surface area (Å²) in [7, 11) is 0. The van der Waals surface area contributed by atoms with Gasteiger partial charge in [0.25, 0.3) is 5.91 Å². The average molecular weight is 292 g/mol. The van der Waals surface area contributed by atoms with Crippen molar-refractivity contribution in [3.05, 3.63) is 34.4 Å². The lowest BCUT2D eigenvalue weighted by atomic mass is 10.0. The van der Waals surface area contributed by atoms with Gasteiger partial charge in [-0.3, -0.25) is 4.79 Å². The molecule has 104 valence electrons. The second kappa shape index (κ2) is 5.97. The number of nitrogens with one attached hydrogen (secondary N) is 1. The van der Waals surface area contributed by atoms with Crippen LogP contribution in [0.5, 0.6) is 0 Å². The van der Waals surface area contributed by atoms with E-state index < -0.39 is 46.1 Å². The minimum atomic E-state index is -1.25. The van der Waals surface area contributed by atoms with Crippen LogP contribution in [0.4, 0.5) is 8.78 Å². The zero-order valence-electron chi connectivity index (χ0n) is 10.2. The van der Waals surface area contributed by atoms with Gasteiger partial charge in [-0.15, -0.1) is 0 Å². The maximum Gasteiger partial charge on any atom is 0.326 e. The van der Waals surface area contributed by atoms with Crippen molar-refractivity contribution in [2.75, 3.05) is 0 Å². The molecule has 4 nitrogen and oxygen atoms in total. The lowest BCUT2D eigenvalue weighted by Crippen LogP contribution is -2.44. The number of benzene rings is 1. The molecule has 7 heteroatoms. The van der Waals surface area contributed by atoms with Gasteiger partial charge in [0.2, 0.25) is 0 Å². The molecule has 19 heavy (non-hydrogen) atoms. The Morgan fingerprint density at radius 1 is 1.26 bits per heavy atom. The van der Waals surface area contributed by atoms with E-state index in [0.717, 1.165) is 0 Å². The van der Waals surface area contributed by atoms with Crippen molar-refractivity contribution in [1.82, 2.24) is 5.32 Å². The molecule has 0 aliphatic heterocycles. The van der Waals surface area contributed by atoms with Crippen LogP contribution >= 0.6 is 11.6 Å².